The Kier molecular flexibility index (Phi) is 7.63. The molecule has 1 aromatic carbocycles. The summed E-state index contributed by atoms with van der Waals surface area (Å²) in [5.41, 5.74) is -0.0984. The third kappa shape index (κ3) is 8.71. The van der Waals surface area contributed by atoms with Crippen LogP contribution < -0.4 is 5.32 Å². The number of aromatic hydroxyl groups is 1. The van der Waals surface area contributed by atoms with E-state index in [0.717, 1.165) is 0 Å². The lowest BCUT2D eigenvalue weighted by molar-refractivity contribution is -0.757. The third-order valence-corrected chi connectivity index (χ3v) is 2.88. The first-order valence-electron chi connectivity index (χ1n) is 7.78. The van der Waals surface area contributed by atoms with Crippen molar-refractivity contribution in [1.82, 2.24) is 5.32 Å². The van der Waals surface area contributed by atoms with E-state index in [4.69, 9.17) is 9.47 Å². The number of phenols is 1. The molecule has 1 unspecified atom stereocenters. The number of carbonyl (C=O) groups is 2. The van der Waals surface area contributed by atoms with Crippen LogP contribution in [0, 0.1) is 10.1 Å². The van der Waals surface area contributed by atoms with Gasteiger partial charge in [0, 0.05) is 6.42 Å². The van der Waals surface area contributed by atoms with Crippen molar-refractivity contribution in [3.05, 3.63) is 39.9 Å². The second-order valence-electron chi connectivity index (χ2n) is 6.29. The van der Waals surface area contributed by atoms with E-state index in [2.05, 4.69) is 10.2 Å². The minimum Gasteiger partial charge on any atom is -0.508 e. The lowest BCUT2D eigenvalue weighted by Crippen LogP contribution is -2.45. The summed E-state index contributed by atoms with van der Waals surface area (Å²) in [6.45, 7) is 4.26. The lowest BCUT2D eigenvalue weighted by Gasteiger charge is -2.23. The monoisotopic (exact) mass is 370 g/mol. The summed E-state index contributed by atoms with van der Waals surface area (Å²) in [4.78, 5) is 38.3. The van der Waals surface area contributed by atoms with Crippen molar-refractivity contribution in [2.24, 2.45) is 0 Å². The van der Waals surface area contributed by atoms with E-state index in [-0.39, 0.29) is 18.8 Å². The Labute approximate surface area is 150 Å². The van der Waals surface area contributed by atoms with Gasteiger partial charge >= 0.3 is 12.1 Å². The van der Waals surface area contributed by atoms with Crippen LogP contribution in [0.15, 0.2) is 24.3 Å². The molecule has 10 heteroatoms. The van der Waals surface area contributed by atoms with Crippen molar-refractivity contribution in [2.45, 2.75) is 38.8 Å². The number of benzene rings is 1. The van der Waals surface area contributed by atoms with Crippen LogP contribution in [0.5, 0.6) is 5.75 Å². The van der Waals surface area contributed by atoms with Gasteiger partial charge in [0.05, 0.1) is 0 Å². The summed E-state index contributed by atoms with van der Waals surface area (Å²) < 4.78 is 10.0. The van der Waals surface area contributed by atoms with Gasteiger partial charge in [-0.15, -0.1) is 10.1 Å². The number of esters is 1. The minimum atomic E-state index is -1.08. The largest absolute Gasteiger partial charge is 0.508 e. The summed E-state index contributed by atoms with van der Waals surface area (Å²) in [5, 5.41) is 20.8. The molecule has 0 aliphatic carbocycles. The van der Waals surface area contributed by atoms with Crippen LogP contribution in [-0.4, -0.2) is 47.1 Å². The number of amides is 1. The number of hydrogen-bond acceptors (Lipinski definition) is 8. The maximum Gasteiger partial charge on any atom is 0.408 e. The summed E-state index contributed by atoms with van der Waals surface area (Å²) in [6.07, 6.45) is -0.728. The average Bonchev–Trinajstić information content (AvgIpc) is 2.50. The third-order valence-electron chi connectivity index (χ3n) is 2.88. The maximum atomic E-state index is 12.2. The average molecular weight is 370 g/mol. The molecule has 0 aliphatic rings. The Morgan fingerprint density at radius 2 is 1.85 bits per heavy atom. The molecule has 1 atom stereocenters. The number of nitrogens with zero attached hydrogens (tertiary/aromatic N) is 1. The van der Waals surface area contributed by atoms with Gasteiger partial charge in [-0.1, -0.05) is 12.1 Å². The van der Waals surface area contributed by atoms with Gasteiger partial charge in [-0.25, -0.2) is 9.59 Å². The molecule has 0 saturated carbocycles. The van der Waals surface area contributed by atoms with Gasteiger partial charge < -0.3 is 24.7 Å². The summed E-state index contributed by atoms with van der Waals surface area (Å²) in [5.74, 6) is -0.735. The number of rotatable bonds is 8. The molecule has 10 nitrogen and oxygen atoms in total. The number of ether oxygens (including phenoxy) is 2. The summed E-state index contributed by atoms with van der Waals surface area (Å²) in [7, 11) is 0. The van der Waals surface area contributed by atoms with Crippen LogP contribution >= 0.6 is 0 Å². The molecule has 144 valence electrons. The molecule has 0 saturated heterocycles. The zero-order valence-electron chi connectivity index (χ0n) is 14.8. The predicted octanol–water partition coefficient (Wildman–Crippen LogP) is 1.58. The van der Waals surface area contributed by atoms with Crippen LogP contribution in [0.1, 0.15) is 26.3 Å². The van der Waals surface area contributed by atoms with Crippen molar-refractivity contribution >= 4 is 12.1 Å². The lowest BCUT2D eigenvalue weighted by atomic mass is 10.1. The zero-order valence-corrected chi connectivity index (χ0v) is 14.8. The standard InChI is InChI=1S/C16H22N2O8/c1-16(2,3)26-15(21)17-13(10-11-4-6-12(19)7-5-11)14(20)24-8-9-25-18(22)23/h4-7,13,19H,8-10H2,1-3H3,(H,17,21). The van der Waals surface area contributed by atoms with Gasteiger partial charge in [0.2, 0.25) is 0 Å². The van der Waals surface area contributed by atoms with Crippen LogP contribution in [-0.2, 0) is 25.5 Å². The SMILES string of the molecule is CC(C)(C)OC(=O)NC(Cc1ccc(O)cc1)C(=O)OCCO[N+](=O)[O-]. The predicted molar refractivity (Wildman–Crippen MR) is 88.9 cm³/mol. The Morgan fingerprint density at radius 1 is 1.23 bits per heavy atom. The van der Waals surface area contributed by atoms with Crippen LogP contribution in [0.4, 0.5) is 4.79 Å². The molecule has 26 heavy (non-hydrogen) atoms. The fourth-order valence-corrected chi connectivity index (χ4v) is 1.87. The molecule has 1 amide bonds. The Morgan fingerprint density at radius 3 is 2.38 bits per heavy atom. The van der Waals surface area contributed by atoms with Crippen LogP contribution in [0.2, 0.25) is 0 Å². The highest BCUT2D eigenvalue weighted by atomic mass is 17.0. The Balaban J connectivity index is 2.73. The highest BCUT2D eigenvalue weighted by Crippen LogP contribution is 2.13. The molecule has 0 heterocycles. The van der Waals surface area contributed by atoms with E-state index in [1.807, 2.05) is 0 Å². The molecule has 0 aromatic heterocycles. The molecule has 0 fully saturated rings. The van der Waals surface area contributed by atoms with E-state index in [9.17, 15) is 24.8 Å². The molecule has 0 radical (unpaired) electrons. The number of phenolic OH excluding ortho intramolecular Hbond substituents is 1. The van der Waals surface area contributed by atoms with Gasteiger partial charge in [-0.05, 0) is 38.5 Å². The minimum absolute atomic E-state index is 0.0601. The van der Waals surface area contributed by atoms with Gasteiger partial charge in [-0.3, -0.25) is 0 Å². The number of alkyl carbamates (subject to hydrolysis) is 1. The van der Waals surface area contributed by atoms with Crippen molar-refractivity contribution in [1.29, 1.82) is 0 Å². The highest BCUT2D eigenvalue weighted by Gasteiger charge is 2.26. The van der Waals surface area contributed by atoms with Gasteiger partial charge in [0.1, 0.15) is 30.6 Å². The molecular weight excluding hydrogens is 348 g/mol. The first-order chi connectivity index (χ1) is 12.1. The summed E-state index contributed by atoms with van der Waals surface area (Å²) in [6, 6.07) is 4.97. The molecule has 0 spiro atoms. The highest BCUT2D eigenvalue weighted by molar-refractivity contribution is 5.81. The maximum absolute atomic E-state index is 12.2. The molecule has 0 bridgehead atoms. The van der Waals surface area contributed by atoms with Crippen molar-refractivity contribution in [2.75, 3.05) is 13.2 Å². The Hall–Kier alpha value is -3.04. The fourth-order valence-electron chi connectivity index (χ4n) is 1.87. The smallest absolute Gasteiger partial charge is 0.408 e. The van der Waals surface area contributed by atoms with E-state index in [1.165, 1.54) is 12.1 Å². The molecule has 1 rings (SSSR count). The topological polar surface area (TPSA) is 137 Å². The second kappa shape index (κ2) is 9.44. The molecular formula is C16H22N2O8. The van der Waals surface area contributed by atoms with Crippen molar-refractivity contribution in [3.8, 4) is 5.75 Å². The van der Waals surface area contributed by atoms with Crippen molar-refractivity contribution < 1.29 is 34.1 Å². The van der Waals surface area contributed by atoms with E-state index >= 15 is 0 Å². The zero-order chi connectivity index (χ0) is 19.7. The van der Waals surface area contributed by atoms with Crippen LogP contribution in [0.25, 0.3) is 0 Å². The first kappa shape index (κ1) is 21.0. The molecule has 0 aliphatic heterocycles. The normalized spacial score (nSPS) is 12.0. The van der Waals surface area contributed by atoms with Crippen molar-refractivity contribution in [3.63, 3.8) is 0 Å². The van der Waals surface area contributed by atoms with E-state index in [1.54, 1.807) is 32.9 Å². The molecule has 2 N–H and O–H groups in total. The number of hydrogen-bond donors (Lipinski definition) is 2. The second-order valence-corrected chi connectivity index (χ2v) is 6.29. The fraction of sp³-hybridized carbons (Fsp3) is 0.500. The first-order valence-corrected chi connectivity index (χ1v) is 7.78. The van der Waals surface area contributed by atoms with Gasteiger partial charge in [0.25, 0.3) is 5.09 Å². The van der Waals surface area contributed by atoms with E-state index in [0.29, 0.717) is 5.56 Å². The Bertz CT molecular complexity index is 624. The van der Waals surface area contributed by atoms with E-state index < -0.39 is 35.4 Å². The molecule has 1 aromatic rings. The van der Waals surface area contributed by atoms with Crippen LogP contribution in [0.3, 0.4) is 0 Å². The van der Waals surface area contributed by atoms with Gasteiger partial charge in [0.15, 0.2) is 0 Å². The number of carbonyl (C=O) groups excluding carboxylic acids is 2. The summed E-state index contributed by atoms with van der Waals surface area (Å²) >= 11 is 0. The van der Waals surface area contributed by atoms with Gasteiger partial charge in [-0.2, -0.15) is 0 Å². The quantitative estimate of drug-likeness (QED) is 0.304. The number of nitrogens with one attached hydrogen (secondary N) is 1.